The SMILES string of the molecule is CC(C)Oc1cc2nc(N)sc2cc1Br. The van der Waals surface area contributed by atoms with Crippen molar-refractivity contribution in [2.24, 2.45) is 0 Å². The molecule has 0 spiro atoms. The highest BCUT2D eigenvalue weighted by Gasteiger charge is 2.08. The Kier molecular flexibility index (Phi) is 2.84. The largest absolute Gasteiger partial charge is 0.490 e. The zero-order valence-corrected chi connectivity index (χ0v) is 10.9. The van der Waals surface area contributed by atoms with E-state index in [-0.39, 0.29) is 6.10 Å². The number of ether oxygens (including phenoxy) is 1. The number of nitrogen functional groups attached to an aromatic ring is 1. The van der Waals surface area contributed by atoms with Gasteiger partial charge in [-0.2, -0.15) is 0 Å². The average molecular weight is 287 g/mol. The van der Waals surface area contributed by atoms with Crippen molar-refractivity contribution in [3.05, 3.63) is 16.6 Å². The molecule has 0 aliphatic heterocycles. The molecule has 0 saturated carbocycles. The van der Waals surface area contributed by atoms with Gasteiger partial charge in [0.15, 0.2) is 5.13 Å². The Labute approximate surface area is 100 Å². The monoisotopic (exact) mass is 286 g/mol. The van der Waals surface area contributed by atoms with Gasteiger partial charge in [-0.25, -0.2) is 4.98 Å². The predicted octanol–water partition coefficient (Wildman–Crippen LogP) is 3.43. The average Bonchev–Trinajstić information content (AvgIpc) is 2.44. The summed E-state index contributed by atoms with van der Waals surface area (Å²) in [7, 11) is 0. The number of thiazole rings is 1. The number of nitrogens with two attached hydrogens (primary N) is 1. The zero-order chi connectivity index (χ0) is 11.0. The maximum atomic E-state index is 5.64. The fourth-order valence-electron chi connectivity index (χ4n) is 1.29. The Morgan fingerprint density at radius 1 is 1.47 bits per heavy atom. The number of nitrogens with zero attached hydrogens (tertiary/aromatic N) is 1. The number of rotatable bonds is 2. The summed E-state index contributed by atoms with van der Waals surface area (Å²) in [6, 6.07) is 3.90. The lowest BCUT2D eigenvalue weighted by Gasteiger charge is -2.10. The molecule has 0 unspecified atom stereocenters. The van der Waals surface area contributed by atoms with Crippen molar-refractivity contribution in [2.45, 2.75) is 20.0 Å². The number of hydrogen-bond donors (Lipinski definition) is 1. The molecule has 0 amide bonds. The predicted molar refractivity (Wildman–Crippen MR) is 67.5 cm³/mol. The standard InChI is InChI=1S/C10H11BrN2OS/c1-5(2)14-8-4-7-9(3-6(8)11)15-10(12)13-7/h3-5H,1-2H3,(H2,12,13). The van der Waals surface area contributed by atoms with Crippen LogP contribution in [-0.2, 0) is 0 Å². The summed E-state index contributed by atoms with van der Waals surface area (Å²) in [5, 5.41) is 0.582. The van der Waals surface area contributed by atoms with Crippen LogP contribution in [0.15, 0.2) is 16.6 Å². The third-order valence-electron chi connectivity index (χ3n) is 1.82. The highest BCUT2D eigenvalue weighted by Crippen LogP contribution is 2.34. The molecular weight excluding hydrogens is 276 g/mol. The van der Waals surface area contributed by atoms with Gasteiger partial charge in [-0.15, -0.1) is 0 Å². The Morgan fingerprint density at radius 3 is 2.87 bits per heavy atom. The van der Waals surface area contributed by atoms with Crippen molar-refractivity contribution in [1.82, 2.24) is 4.98 Å². The summed E-state index contributed by atoms with van der Waals surface area (Å²) in [6.07, 6.45) is 0.148. The van der Waals surface area contributed by atoms with E-state index >= 15 is 0 Å². The number of hydrogen-bond acceptors (Lipinski definition) is 4. The van der Waals surface area contributed by atoms with Crippen LogP contribution in [0.5, 0.6) is 5.75 Å². The van der Waals surface area contributed by atoms with Gasteiger partial charge in [-0.05, 0) is 35.8 Å². The Bertz CT molecular complexity index is 495. The molecule has 5 heteroatoms. The Balaban J connectivity index is 2.51. The summed E-state index contributed by atoms with van der Waals surface area (Å²) >= 11 is 4.94. The molecule has 0 fully saturated rings. The van der Waals surface area contributed by atoms with Crippen LogP contribution in [0, 0.1) is 0 Å². The second-order valence-electron chi connectivity index (χ2n) is 3.47. The molecule has 2 rings (SSSR count). The van der Waals surface area contributed by atoms with Gasteiger partial charge in [0.1, 0.15) is 5.75 Å². The molecule has 3 nitrogen and oxygen atoms in total. The van der Waals surface area contributed by atoms with Crippen LogP contribution in [0.2, 0.25) is 0 Å². The summed E-state index contributed by atoms with van der Waals surface area (Å²) < 4.78 is 7.64. The van der Waals surface area contributed by atoms with Crippen LogP contribution in [-0.4, -0.2) is 11.1 Å². The topological polar surface area (TPSA) is 48.1 Å². The fraction of sp³-hybridized carbons (Fsp3) is 0.300. The van der Waals surface area contributed by atoms with Crippen LogP contribution >= 0.6 is 27.3 Å². The number of halogens is 1. The minimum Gasteiger partial charge on any atom is -0.490 e. The van der Waals surface area contributed by atoms with Gasteiger partial charge in [-0.3, -0.25) is 0 Å². The zero-order valence-electron chi connectivity index (χ0n) is 8.45. The van der Waals surface area contributed by atoms with Crippen molar-refractivity contribution in [2.75, 3.05) is 5.73 Å². The minimum atomic E-state index is 0.148. The van der Waals surface area contributed by atoms with E-state index in [9.17, 15) is 0 Å². The number of aromatic nitrogens is 1. The molecule has 0 aliphatic rings. The molecule has 0 bridgehead atoms. The van der Waals surface area contributed by atoms with E-state index in [2.05, 4.69) is 20.9 Å². The second kappa shape index (κ2) is 3.98. The van der Waals surface area contributed by atoms with E-state index < -0.39 is 0 Å². The molecule has 0 radical (unpaired) electrons. The first-order valence-electron chi connectivity index (χ1n) is 4.58. The second-order valence-corrected chi connectivity index (χ2v) is 5.39. The van der Waals surface area contributed by atoms with Gasteiger partial charge >= 0.3 is 0 Å². The maximum Gasteiger partial charge on any atom is 0.181 e. The van der Waals surface area contributed by atoms with Crippen molar-refractivity contribution < 1.29 is 4.74 Å². The number of fused-ring (bicyclic) bond motifs is 1. The quantitative estimate of drug-likeness (QED) is 0.920. The maximum absolute atomic E-state index is 5.64. The van der Waals surface area contributed by atoms with Gasteiger partial charge in [0.2, 0.25) is 0 Å². The van der Waals surface area contributed by atoms with Crippen LogP contribution in [0.3, 0.4) is 0 Å². The van der Waals surface area contributed by atoms with Crippen molar-refractivity contribution >= 4 is 42.6 Å². The smallest absolute Gasteiger partial charge is 0.181 e. The summed E-state index contributed by atoms with van der Waals surface area (Å²) in [5.74, 6) is 0.808. The summed E-state index contributed by atoms with van der Waals surface area (Å²) in [6.45, 7) is 3.98. The first kappa shape index (κ1) is 10.7. The third kappa shape index (κ3) is 2.23. The molecule has 2 N–H and O–H groups in total. The van der Waals surface area contributed by atoms with E-state index in [1.165, 1.54) is 11.3 Å². The van der Waals surface area contributed by atoms with E-state index in [1.54, 1.807) is 0 Å². The van der Waals surface area contributed by atoms with Gasteiger partial charge in [0.05, 0.1) is 20.8 Å². The molecule has 0 saturated heterocycles. The normalized spacial score (nSPS) is 11.2. The van der Waals surface area contributed by atoms with Gasteiger partial charge < -0.3 is 10.5 Å². The molecule has 80 valence electrons. The van der Waals surface area contributed by atoms with E-state index in [0.717, 1.165) is 20.4 Å². The van der Waals surface area contributed by atoms with Crippen molar-refractivity contribution in [3.63, 3.8) is 0 Å². The van der Waals surface area contributed by atoms with Crippen LogP contribution in [0.4, 0.5) is 5.13 Å². The summed E-state index contributed by atoms with van der Waals surface area (Å²) in [5.41, 5.74) is 6.53. The first-order chi connectivity index (χ1) is 7.06. The van der Waals surface area contributed by atoms with E-state index in [0.29, 0.717) is 5.13 Å². The molecule has 2 aromatic rings. The van der Waals surface area contributed by atoms with Gasteiger partial charge in [-0.1, -0.05) is 11.3 Å². The summed E-state index contributed by atoms with van der Waals surface area (Å²) in [4.78, 5) is 4.22. The molecule has 15 heavy (non-hydrogen) atoms. The lowest BCUT2D eigenvalue weighted by atomic mass is 10.3. The van der Waals surface area contributed by atoms with Crippen LogP contribution < -0.4 is 10.5 Å². The van der Waals surface area contributed by atoms with Gasteiger partial charge in [0, 0.05) is 6.07 Å². The molecule has 0 aliphatic carbocycles. The van der Waals surface area contributed by atoms with Crippen molar-refractivity contribution in [1.29, 1.82) is 0 Å². The third-order valence-corrected chi connectivity index (χ3v) is 3.29. The first-order valence-corrected chi connectivity index (χ1v) is 6.19. The Hall–Kier alpha value is -0.810. The Morgan fingerprint density at radius 2 is 2.20 bits per heavy atom. The molecule has 1 aromatic heterocycles. The molecule has 1 heterocycles. The van der Waals surface area contributed by atoms with Crippen molar-refractivity contribution in [3.8, 4) is 5.75 Å². The minimum absolute atomic E-state index is 0.148. The van der Waals surface area contributed by atoms with Crippen LogP contribution in [0.1, 0.15) is 13.8 Å². The number of benzene rings is 1. The van der Waals surface area contributed by atoms with Crippen LogP contribution in [0.25, 0.3) is 10.2 Å². The molecule has 0 atom stereocenters. The van der Waals surface area contributed by atoms with E-state index in [4.69, 9.17) is 10.5 Å². The van der Waals surface area contributed by atoms with Gasteiger partial charge in [0.25, 0.3) is 0 Å². The highest BCUT2D eigenvalue weighted by molar-refractivity contribution is 9.10. The number of anilines is 1. The molecule has 1 aromatic carbocycles. The lowest BCUT2D eigenvalue weighted by molar-refractivity contribution is 0.241. The highest BCUT2D eigenvalue weighted by atomic mass is 79.9. The lowest BCUT2D eigenvalue weighted by Crippen LogP contribution is -2.05. The molecular formula is C10H11BrN2OS. The van der Waals surface area contributed by atoms with E-state index in [1.807, 2.05) is 26.0 Å². The fourth-order valence-corrected chi connectivity index (χ4v) is 2.64.